The zero-order valence-corrected chi connectivity index (χ0v) is 16.0. The summed E-state index contributed by atoms with van der Waals surface area (Å²) in [6.45, 7) is 6.45. The molecule has 2 aromatic rings. The van der Waals surface area contributed by atoms with Gasteiger partial charge in [0.05, 0.1) is 6.54 Å². The zero-order valence-electron chi connectivity index (χ0n) is 14.4. The molecule has 0 radical (unpaired) electrons. The van der Waals surface area contributed by atoms with Crippen molar-refractivity contribution in [3.05, 3.63) is 40.7 Å². The van der Waals surface area contributed by atoms with Gasteiger partial charge in [0.1, 0.15) is 5.82 Å². The van der Waals surface area contributed by atoms with Crippen LogP contribution in [0.25, 0.3) is 0 Å². The predicted molar refractivity (Wildman–Crippen MR) is 99.9 cm³/mol. The number of anilines is 1. The maximum Gasteiger partial charge on any atom is 0.239 e. The fourth-order valence-corrected chi connectivity index (χ4v) is 2.77. The quantitative estimate of drug-likeness (QED) is 0.816. The highest BCUT2D eigenvalue weighted by Crippen LogP contribution is 2.18. The first kappa shape index (κ1) is 18.7. The number of likely N-dealkylation sites (N-methyl/N-ethyl adjacent to an activating group) is 1. The summed E-state index contributed by atoms with van der Waals surface area (Å²) in [6, 6.07) is 7.80. The second-order valence-electron chi connectivity index (χ2n) is 6.25. The van der Waals surface area contributed by atoms with E-state index >= 15 is 0 Å². The van der Waals surface area contributed by atoms with Gasteiger partial charge in [-0.15, -0.1) is 0 Å². The zero-order chi connectivity index (χ0) is 17.7. The maximum atomic E-state index is 12.1. The fraction of sp³-hybridized carbons (Fsp3) is 0.471. The lowest BCUT2D eigenvalue weighted by atomic mass is 10.1. The Morgan fingerprint density at radius 2 is 1.96 bits per heavy atom. The summed E-state index contributed by atoms with van der Waals surface area (Å²) in [5, 5.41) is 4.45. The fourth-order valence-electron chi connectivity index (χ4n) is 2.01. The average Bonchev–Trinajstić information content (AvgIpc) is 2.98. The summed E-state index contributed by atoms with van der Waals surface area (Å²) >= 11 is 7.20. The topological polar surface area (TPSA) is 58.1 Å². The highest BCUT2D eigenvalue weighted by atomic mass is 35.5. The van der Waals surface area contributed by atoms with Crippen LogP contribution >= 0.6 is 23.1 Å². The van der Waals surface area contributed by atoms with E-state index in [4.69, 9.17) is 11.6 Å². The van der Waals surface area contributed by atoms with E-state index in [0.717, 1.165) is 16.5 Å². The number of carbonyl (C=O) groups is 1. The van der Waals surface area contributed by atoms with Gasteiger partial charge in [-0.25, -0.2) is 4.98 Å². The van der Waals surface area contributed by atoms with Gasteiger partial charge in [0.25, 0.3) is 0 Å². The van der Waals surface area contributed by atoms with Crippen molar-refractivity contribution in [1.82, 2.24) is 14.7 Å². The Labute approximate surface area is 152 Å². The lowest BCUT2D eigenvalue weighted by molar-refractivity contribution is -0.120. The van der Waals surface area contributed by atoms with Crippen molar-refractivity contribution < 1.29 is 4.79 Å². The Kier molecular flexibility index (Phi) is 6.57. The maximum absolute atomic E-state index is 12.1. The highest BCUT2D eigenvalue weighted by molar-refractivity contribution is 7.09. The van der Waals surface area contributed by atoms with Crippen LogP contribution in [0.5, 0.6) is 0 Å². The Balaban J connectivity index is 1.92. The number of rotatable bonds is 7. The number of carbonyl (C=O) groups excluding carboxylic acids is 1. The highest BCUT2D eigenvalue weighted by Gasteiger charge is 2.15. The van der Waals surface area contributed by atoms with Gasteiger partial charge in [0.2, 0.25) is 11.0 Å². The van der Waals surface area contributed by atoms with Crippen molar-refractivity contribution in [3.63, 3.8) is 0 Å². The normalized spacial score (nSPS) is 12.2. The molecule has 1 heterocycles. The average molecular weight is 367 g/mol. The molecule has 0 aliphatic carbocycles. The van der Waals surface area contributed by atoms with E-state index in [2.05, 4.69) is 28.5 Å². The molecule has 7 heteroatoms. The second kappa shape index (κ2) is 8.44. The molecule has 5 nitrogen and oxygen atoms in total. The molecule has 0 aliphatic rings. The van der Waals surface area contributed by atoms with Crippen molar-refractivity contribution in [1.29, 1.82) is 0 Å². The third kappa shape index (κ3) is 5.46. The summed E-state index contributed by atoms with van der Waals surface area (Å²) in [5.74, 6) is 1.15. The van der Waals surface area contributed by atoms with Crippen LogP contribution in [0.15, 0.2) is 24.3 Å². The third-order valence-corrected chi connectivity index (χ3v) is 4.95. The molecule has 1 atom stereocenters. The molecule has 1 aromatic heterocycles. The predicted octanol–water partition coefficient (Wildman–Crippen LogP) is 3.38. The first-order valence-corrected chi connectivity index (χ1v) is 9.08. The largest absolute Gasteiger partial charge is 0.352 e. The van der Waals surface area contributed by atoms with Crippen molar-refractivity contribution in [2.24, 2.45) is 5.92 Å². The van der Waals surface area contributed by atoms with Gasteiger partial charge >= 0.3 is 0 Å². The number of nitrogens with zero attached hydrogens (tertiary/aromatic N) is 3. The molecular formula is C17H23ClN4OS. The summed E-state index contributed by atoms with van der Waals surface area (Å²) in [7, 11) is 1.85. The van der Waals surface area contributed by atoms with Gasteiger partial charge in [-0.3, -0.25) is 4.79 Å². The van der Waals surface area contributed by atoms with Gasteiger partial charge in [-0.05, 0) is 30.5 Å². The smallest absolute Gasteiger partial charge is 0.239 e. The molecule has 0 saturated heterocycles. The molecular weight excluding hydrogens is 344 g/mol. The van der Waals surface area contributed by atoms with Crippen molar-refractivity contribution in [3.8, 4) is 0 Å². The van der Waals surface area contributed by atoms with Crippen LogP contribution in [0.2, 0.25) is 5.02 Å². The second-order valence-corrected chi connectivity index (χ2v) is 7.42. The number of hydrogen-bond acceptors (Lipinski definition) is 5. The summed E-state index contributed by atoms with van der Waals surface area (Å²) in [5.41, 5.74) is 1.11. The van der Waals surface area contributed by atoms with Gasteiger partial charge in [0, 0.05) is 36.1 Å². The molecule has 130 valence electrons. The number of amides is 1. The van der Waals surface area contributed by atoms with E-state index in [1.807, 2.05) is 43.1 Å². The molecule has 0 bridgehead atoms. The van der Waals surface area contributed by atoms with Gasteiger partial charge in [-0.2, -0.15) is 4.37 Å². The Bertz CT molecular complexity index is 671. The van der Waals surface area contributed by atoms with E-state index in [0.29, 0.717) is 17.4 Å². The van der Waals surface area contributed by atoms with Crippen LogP contribution in [0.4, 0.5) is 5.13 Å². The monoisotopic (exact) mass is 366 g/mol. The van der Waals surface area contributed by atoms with Crippen LogP contribution in [0.1, 0.15) is 32.2 Å². The third-order valence-electron chi connectivity index (χ3n) is 3.83. The van der Waals surface area contributed by atoms with Crippen LogP contribution < -0.4 is 10.2 Å². The van der Waals surface area contributed by atoms with Gasteiger partial charge in [0.15, 0.2) is 0 Å². The minimum absolute atomic E-state index is 0.00634. The van der Waals surface area contributed by atoms with E-state index in [9.17, 15) is 4.79 Å². The standard InChI is InChI=1S/C17H23ClN4OS/c1-11(2)12(3)19-16(23)10-22(4)17-20-15(21-24-17)9-13-5-7-14(18)8-6-13/h5-8,11-12H,9-10H2,1-4H3,(H,19,23)/t12-/m1/s1. The van der Waals surface area contributed by atoms with Gasteiger partial charge < -0.3 is 10.2 Å². The van der Waals surface area contributed by atoms with Crippen molar-refractivity contribution in [2.75, 3.05) is 18.5 Å². The van der Waals surface area contributed by atoms with E-state index in [1.54, 1.807) is 0 Å². The first-order chi connectivity index (χ1) is 11.3. The van der Waals surface area contributed by atoms with Crippen LogP contribution in [0.3, 0.4) is 0 Å². The molecule has 1 aromatic carbocycles. The number of halogens is 1. The molecule has 0 saturated carbocycles. The summed E-state index contributed by atoms with van der Waals surface area (Å²) < 4.78 is 4.38. The van der Waals surface area contributed by atoms with Gasteiger partial charge in [-0.1, -0.05) is 37.6 Å². The minimum atomic E-state index is -0.00634. The molecule has 0 aliphatic heterocycles. The lowest BCUT2D eigenvalue weighted by Crippen LogP contribution is -2.41. The Morgan fingerprint density at radius 1 is 1.29 bits per heavy atom. The first-order valence-electron chi connectivity index (χ1n) is 7.92. The number of nitrogens with one attached hydrogen (secondary N) is 1. The summed E-state index contributed by atoms with van der Waals surface area (Å²) in [6.07, 6.45) is 0.651. The summed E-state index contributed by atoms with van der Waals surface area (Å²) in [4.78, 5) is 18.4. The molecule has 2 rings (SSSR count). The molecule has 24 heavy (non-hydrogen) atoms. The number of hydrogen-bond donors (Lipinski definition) is 1. The van der Waals surface area contributed by atoms with Crippen LogP contribution in [-0.2, 0) is 11.2 Å². The molecule has 0 fully saturated rings. The molecule has 1 N–H and O–H groups in total. The van der Waals surface area contributed by atoms with E-state index in [1.165, 1.54) is 11.5 Å². The lowest BCUT2D eigenvalue weighted by Gasteiger charge is -2.20. The molecule has 0 spiro atoms. The SMILES string of the molecule is CC(C)[C@@H](C)NC(=O)CN(C)c1nc(Cc2ccc(Cl)cc2)ns1. The van der Waals surface area contributed by atoms with E-state index in [-0.39, 0.29) is 18.5 Å². The molecule has 0 unspecified atom stereocenters. The Morgan fingerprint density at radius 3 is 2.58 bits per heavy atom. The molecule has 1 amide bonds. The number of aromatic nitrogens is 2. The van der Waals surface area contributed by atoms with Crippen molar-refractivity contribution in [2.45, 2.75) is 33.2 Å². The van der Waals surface area contributed by atoms with E-state index < -0.39 is 0 Å². The number of benzene rings is 1. The van der Waals surface area contributed by atoms with Crippen LogP contribution in [0, 0.1) is 5.92 Å². The Hall–Kier alpha value is -1.66. The van der Waals surface area contributed by atoms with Crippen molar-refractivity contribution >= 4 is 34.2 Å². The van der Waals surface area contributed by atoms with Crippen LogP contribution in [-0.4, -0.2) is 34.9 Å². The minimum Gasteiger partial charge on any atom is -0.352 e.